The van der Waals surface area contributed by atoms with E-state index in [0.717, 1.165) is 34.6 Å². The number of carbonyl (C=O) groups excluding carboxylic acids is 2. The Bertz CT molecular complexity index is 1170. The standard InChI is InChI=1S/C23H24N4O4S/c1-30-18-7-6-17(26-10-12-31-13-11-26)20-19(18)25-22(32-20)21(28)24-8-9-27-14-15-4-2-3-5-16(15)23(27)29/h2-7H,8-14H2,1H3,(H,24,28). The van der Waals surface area contributed by atoms with Crippen molar-refractivity contribution >= 4 is 39.1 Å². The highest BCUT2D eigenvalue weighted by Crippen LogP contribution is 2.37. The van der Waals surface area contributed by atoms with E-state index in [1.807, 2.05) is 36.4 Å². The Kier molecular flexibility index (Phi) is 5.67. The number of rotatable bonds is 6. The fraction of sp³-hybridized carbons (Fsp3) is 0.348. The zero-order chi connectivity index (χ0) is 22.1. The highest BCUT2D eigenvalue weighted by molar-refractivity contribution is 7.21. The average Bonchev–Trinajstić information content (AvgIpc) is 3.41. The Morgan fingerprint density at radius 1 is 1.22 bits per heavy atom. The second-order valence-corrected chi connectivity index (χ2v) is 8.72. The molecule has 2 aliphatic heterocycles. The lowest BCUT2D eigenvalue weighted by Gasteiger charge is -2.29. The van der Waals surface area contributed by atoms with Crippen LogP contribution in [0.4, 0.5) is 5.69 Å². The van der Waals surface area contributed by atoms with Gasteiger partial charge in [-0.25, -0.2) is 4.98 Å². The summed E-state index contributed by atoms with van der Waals surface area (Å²) in [5, 5.41) is 3.30. The van der Waals surface area contributed by atoms with Crippen LogP contribution in [-0.2, 0) is 11.3 Å². The highest BCUT2D eigenvalue weighted by atomic mass is 32.1. The molecular weight excluding hydrogens is 428 g/mol. The van der Waals surface area contributed by atoms with E-state index in [-0.39, 0.29) is 11.8 Å². The molecule has 8 nitrogen and oxygen atoms in total. The monoisotopic (exact) mass is 452 g/mol. The zero-order valence-electron chi connectivity index (χ0n) is 17.8. The van der Waals surface area contributed by atoms with Crippen LogP contribution in [0.5, 0.6) is 5.75 Å². The van der Waals surface area contributed by atoms with E-state index in [9.17, 15) is 9.59 Å². The molecule has 0 saturated carbocycles. The molecule has 3 aromatic rings. The van der Waals surface area contributed by atoms with Crippen molar-refractivity contribution < 1.29 is 19.1 Å². The van der Waals surface area contributed by atoms with Gasteiger partial charge in [0, 0.05) is 38.3 Å². The number of hydrogen-bond acceptors (Lipinski definition) is 7. The Morgan fingerprint density at radius 3 is 2.81 bits per heavy atom. The van der Waals surface area contributed by atoms with Crippen molar-refractivity contribution in [1.29, 1.82) is 0 Å². The number of benzene rings is 2. The maximum Gasteiger partial charge on any atom is 0.280 e. The number of morpholine rings is 1. The minimum Gasteiger partial charge on any atom is -0.494 e. The van der Waals surface area contributed by atoms with Crippen LogP contribution in [0.15, 0.2) is 36.4 Å². The van der Waals surface area contributed by atoms with Crippen LogP contribution >= 0.6 is 11.3 Å². The third kappa shape index (κ3) is 3.78. The molecule has 9 heteroatoms. The highest BCUT2D eigenvalue weighted by Gasteiger charge is 2.26. The molecular formula is C23H24N4O4S. The normalized spacial score (nSPS) is 15.8. The molecule has 0 unspecified atom stereocenters. The Hall–Kier alpha value is -3.17. The van der Waals surface area contributed by atoms with Crippen molar-refractivity contribution in [2.45, 2.75) is 6.54 Å². The lowest BCUT2D eigenvalue weighted by molar-refractivity contribution is 0.0770. The zero-order valence-corrected chi connectivity index (χ0v) is 18.6. The number of nitrogens with one attached hydrogen (secondary N) is 1. The minimum atomic E-state index is -0.245. The number of hydrogen-bond donors (Lipinski definition) is 1. The number of nitrogens with zero attached hydrogens (tertiary/aromatic N) is 3. The van der Waals surface area contributed by atoms with Crippen molar-refractivity contribution in [2.24, 2.45) is 0 Å². The van der Waals surface area contributed by atoms with Gasteiger partial charge in [-0.1, -0.05) is 18.2 Å². The molecule has 1 fully saturated rings. The molecule has 0 spiro atoms. The second kappa shape index (κ2) is 8.76. The lowest BCUT2D eigenvalue weighted by atomic mass is 10.1. The number of ether oxygens (including phenoxy) is 2. The van der Waals surface area contributed by atoms with E-state index in [4.69, 9.17) is 9.47 Å². The first-order chi connectivity index (χ1) is 15.7. The van der Waals surface area contributed by atoms with E-state index in [0.29, 0.717) is 49.1 Å². The molecule has 0 atom stereocenters. The summed E-state index contributed by atoms with van der Waals surface area (Å²) in [5.41, 5.74) is 3.50. The van der Waals surface area contributed by atoms with E-state index in [1.54, 1.807) is 12.0 Å². The molecule has 3 heterocycles. The van der Waals surface area contributed by atoms with E-state index < -0.39 is 0 Å². The maximum atomic E-state index is 12.8. The molecule has 2 aromatic carbocycles. The predicted molar refractivity (Wildman–Crippen MR) is 123 cm³/mol. The number of carbonyl (C=O) groups is 2. The summed E-state index contributed by atoms with van der Waals surface area (Å²) >= 11 is 1.36. The van der Waals surface area contributed by atoms with Gasteiger partial charge in [0.2, 0.25) is 0 Å². The fourth-order valence-electron chi connectivity index (χ4n) is 4.16. The summed E-state index contributed by atoms with van der Waals surface area (Å²) in [5.74, 6) is 0.410. The van der Waals surface area contributed by atoms with Gasteiger partial charge < -0.3 is 24.6 Å². The number of methoxy groups -OCH3 is 1. The molecule has 2 amide bonds. The lowest BCUT2D eigenvalue weighted by Crippen LogP contribution is -2.36. The van der Waals surface area contributed by atoms with Crippen LogP contribution in [0.25, 0.3) is 10.2 Å². The van der Waals surface area contributed by atoms with Gasteiger partial charge in [-0.3, -0.25) is 9.59 Å². The minimum absolute atomic E-state index is 0.00900. The Balaban J connectivity index is 1.29. The molecule has 5 rings (SSSR count). The average molecular weight is 453 g/mol. The number of amides is 2. The molecule has 2 aliphatic rings. The summed E-state index contributed by atoms with van der Waals surface area (Å²) < 4.78 is 11.9. The quantitative estimate of drug-likeness (QED) is 0.619. The van der Waals surface area contributed by atoms with Gasteiger partial charge in [0.05, 0.1) is 30.7 Å². The molecule has 32 heavy (non-hydrogen) atoms. The summed E-state index contributed by atoms with van der Waals surface area (Å²) in [4.78, 5) is 33.9. The summed E-state index contributed by atoms with van der Waals surface area (Å²) in [7, 11) is 1.60. The fourth-order valence-corrected chi connectivity index (χ4v) is 5.20. The molecule has 1 aromatic heterocycles. The number of aromatic nitrogens is 1. The van der Waals surface area contributed by atoms with Gasteiger partial charge >= 0.3 is 0 Å². The van der Waals surface area contributed by atoms with Crippen molar-refractivity contribution in [1.82, 2.24) is 15.2 Å². The van der Waals surface area contributed by atoms with Gasteiger partial charge in [0.1, 0.15) is 11.3 Å². The molecule has 166 valence electrons. The molecule has 0 bridgehead atoms. The first kappa shape index (κ1) is 20.7. The molecule has 1 saturated heterocycles. The number of anilines is 1. The van der Waals surface area contributed by atoms with Gasteiger partial charge in [0.15, 0.2) is 5.01 Å². The largest absolute Gasteiger partial charge is 0.494 e. The van der Waals surface area contributed by atoms with Crippen LogP contribution < -0.4 is 15.0 Å². The van der Waals surface area contributed by atoms with Gasteiger partial charge in [-0.15, -0.1) is 11.3 Å². The van der Waals surface area contributed by atoms with Gasteiger partial charge in [-0.2, -0.15) is 0 Å². The van der Waals surface area contributed by atoms with Crippen LogP contribution in [0.3, 0.4) is 0 Å². The third-order valence-electron chi connectivity index (χ3n) is 5.82. The van der Waals surface area contributed by atoms with Gasteiger partial charge in [0.25, 0.3) is 11.8 Å². The SMILES string of the molecule is COc1ccc(N2CCOCC2)c2sc(C(=O)NCCN3Cc4ccccc4C3=O)nc12. The Morgan fingerprint density at radius 2 is 2.03 bits per heavy atom. The summed E-state index contributed by atoms with van der Waals surface area (Å²) in [6.45, 7) is 4.35. The van der Waals surface area contributed by atoms with Crippen LogP contribution in [-0.4, -0.2) is 68.2 Å². The summed E-state index contributed by atoms with van der Waals surface area (Å²) in [6.07, 6.45) is 0. The van der Waals surface area contributed by atoms with E-state index in [2.05, 4.69) is 15.2 Å². The topological polar surface area (TPSA) is 84.0 Å². The van der Waals surface area contributed by atoms with E-state index >= 15 is 0 Å². The Labute approximate surface area is 189 Å². The van der Waals surface area contributed by atoms with Crippen LogP contribution in [0.1, 0.15) is 25.7 Å². The van der Waals surface area contributed by atoms with Crippen molar-refractivity contribution in [3.8, 4) is 5.75 Å². The predicted octanol–water partition coefficient (Wildman–Crippen LogP) is 2.53. The van der Waals surface area contributed by atoms with Crippen LogP contribution in [0.2, 0.25) is 0 Å². The second-order valence-electron chi connectivity index (χ2n) is 7.72. The van der Waals surface area contributed by atoms with Crippen molar-refractivity contribution in [3.63, 3.8) is 0 Å². The van der Waals surface area contributed by atoms with Crippen molar-refractivity contribution in [3.05, 3.63) is 52.5 Å². The molecule has 0 aliphatic carbocycles. The third-order valence-corrected chi connectivity index (χ3v) is 6.89. The smallest absolute Gasteiger partial charge is 0.280 e. The van der Waals surface area contributed by atoms with Crippen LogP contribution in [0, 0.1) is 0 Å². The number of fused-ring (bicyclic) bond motifs is 2. The van der Waals surface area contributed by atoms with Crippen molar-refractivity contribution in [2.75, 3.05) is 51.4 Å². The summed E-state index contributed by atoms with van der Waals surface area (Å²) in [6, 6.07) is 11.5. The molecule has 1 N–H and O–H groups in total. The molecule has 0 radical (unpaired) electrons. The van der Waals surface area contributed by atoms with E-state index in [1.165, 1.54) is 11.3 Å². The maximum absolute atomic E-state index is 12.8. The number of thiazole rings is 1. The first-order valence-electron chi connectivity index (χ1n) is 10.6. The van der Waals surface area contributed by atoms with Gasteiger partial charge in [-0.05, 0) is 23.8 Å². The first-order valence-corrected chi connectivity index (χ1v) is 11.4.